The number of methoxy groups -OCH3 is 2. The fourth-order valence-corrected chi connectivity index (χ4v) is 4.30. The summed E-state index contributed by atoms with van der Waals surface area (Å²) in [6, 6.07) is 17.9. The van der Waals surface area contributed by atoms with Crippen LogP contribution in [0, 0.1) is 0 Å². The molecule has 0 bridgehead atoms. The molecule has 1 amide bonds. The highest BCUT2D eigenvalue weighted by Crippen LogP contribution is 2.23. The van der Waals surface area contributed by atoms with E-state index in [0.29, 0.717) is 5.69 Å². The molecule has 0 spiro atoms. The summed E-state index contributed by atoms with van der Waals surface area (Å²) in [6.07, 6.45) is 0. The molecule has 0 atom stereocenters. The van der Waals surface area contributed by atoms with Crippen LogP contribution in [0.5, 0.6) is 0 Å². The van der Waals surface area contributed by atoms with Crippen molar-refractivity contribution in [1.29, 1.82) is 0 Å². The number of nitrogens with one attached hydrogen (secondary N) is 1. The summed E-state index contributed by atoms with van der Waals surface area (Å²) in [5.74, 6) is -1.90. The van der Waals surface area contributed by atoms with E-state index in [0.717, 1.165) is 4.31 Å². The third-order valence-corrected chi connectivity index (χ3v) is 6.73. The van der Waals surface area contributed by atoms with E-state index in [1.807, 2.05) is 0 Å². The van der Waals surface area contributed by atoms with Gasteiger partial charge in [0.15, 0.2) is 0 Å². The average Bonchev–Trinajstić information content (AvgIpc) is 2.87. The maximum absolute atomic E-state index is 12.8. The number of sulfonamides is 1. The Kier molecular flexibility index (Phi) is 7.32. The van der Waals surface area contributed by atoms with Crippen molar-refractivity contribution in [2.45, 2.75) is 4.90 Å². The Morgan fingerprint density at radius 3 is 1.79 bits per heavy atom. The molecule has 0 fully saturated rings. The molecule has 0 unspecified atom stereocenters. The first-order valence-corrected chi connectivity index (χ1v) is 11.4. The van der Waals surface area contributed by atoms with Gasteiger partial charge in [-0.15, -0.1) is 0 Å². The zero-order valence-electron chi connectivity index (χ0n) is 18.6. The first-order chi connectivity index (χ1) is 16.2. The Bertz CT molecular complexity index is 1290. The van der Waals surface area contributed by atoms with Crippen molar-refractivity contribution >= 4 is 39.2 Å². The van der Waals surface area contributed by atoms with Crippen molar-refractivity contribution in [2.75, 3.05) is 30.9 Å². The van der Waals surface area contributed by atoms with Crippen LogP contribution in [-0.4, -0.2) is 47.5 Å². The number of nitrogens with zero attached hydrogens (tertiary/aromatic N) is 1. The minimum atomic E-state index is -3.76. The normalized spacial score (nSPS) is 10.8. The van der Waals surface area contributed by atoms with Crippen LogP contribution in [0.25, 0.3) is 0 Å². The Morgan fingerprint density at radius 1 is 0.765 bits per heavy atom. The molecule has 3 aromatic carbocycles. The van der Waals surface area contributed by atoms with Crippen LogP contribution in [0.15, 0.2) is 77.7 Å². The van der Waals surface area contributed by atoms with Gasteiger partial charge in [0, 0.05) is 18.3 Å². The lowest BCUT2D eigenvalue weighted by molar-refractivity contribution is 0.0598. The largest absolute Gasteiger partial charge is 0.465 e. The van der Waals surface area contributed by atoms with Gasteiger partial charge in [0.25, 0.3) is 15.9 Å². The van der Waals surface area contributed by atoms with Crippen molar-refractivity contribution in [3.8, 4) is 0 Å². The summed E-state index contributed by atoms with van der Waals surface area (Å²) < 4.78 is 36.1. The molecule has 0 heterocycles. The van der Waals surface area contributed by atoms with Crippen LogP contribution in [0.2, 0.25) is 0 Å². The summed E-state index contributed by atoms with van der Waals surface area (Å²) in [6.45, 7) is 0. The average molecular weight is 483 g/mol. The topological polar surface area (TPSA) is 119 Å². The number of amides is 1. The Labute approximate surface area is 197 Å². The van der Waals surface area contributed by atoms with Crippen LogP contribution in [-0.2, 0) is 19.5 Å². The van der Waals surface area contributed by atoms with Crippen molar-refractivity contribution in [3.63, 3.8) is 0 Å². The second-order valence-electron chi connectivity index (χ2n) is 7.07. The van der Waals surface area contributed by atoms with Gasteiger partial charge in [-0.25, -0.2) is 18.0 Å². The molecule has 0 aromatic heterocycles. The molecule has 10 heteroatoms. The smallest absolute Gasteiger partial charge is 0.337 e. The standard InChI is InChI=1S/C24H22N2O7S/c1-26(34(30,31)21-7-5-4-6-8-21)20-11-9-16(10-12-20)22(27)25-19-14-17(23(28)32-2)13-18(15-19)24(29)33-3/h4-15H,1-3H3,(H,25,27). The molecule has 0 aliphatic heterocycles. The van der Waals surface area contributed by atoms with Crippen LogP contribution >= 0.6 is 0 Å². The summed E-state index contributed by atoms with van der Waals surface area (Å²) >= 11 is 0. The fraction of sp³-hybridized carbons (Fsp3) is 0.125. The number of benzene rings is 3. The first-order valence-electron chi connectivity index (χ1n) is 9.94. The lowest BCUT2D eigenvalue weighted by Gasteiger charge is -2.19. The van der Waals surface area contributed by atoms with Gasteiger partial charge < -0.3 is 14.8 Å². The molecule has 3 aromatic rings. The monoisotopic (exact) mass is 482 g/mol. The lowest BCUT2D eigenvalue weighted by atomic mass is 10.1. The Morgan fingerprint density at radius 2 is 1.29 bits per heavy atom. The number of carbonyl (C=O) groups excluding carboxylic acids is 3. The molecule has 1 N–H and O–H groups in total. The molecular formula is C24H22N2O7S. The molecular weight excluding hydrogens is 460 g/mol. The van der Waals surface area contributed by atoms with Crippen molar-refractivity contribution in [1.82, 2.24) is 0 Å². The summed E-state index contributed by atoms with van der Waals surface area (Å²) in [7, 11) is 0.0541. The van der Waals surface area contributed by atoms with Crippen LogP contribution < -0.4 is 9.62 Å². The van der Waals surface area contributed by atoms with Crippen LogP contribution in [0.1, 0.15) is 31.1 Å². The third-order valence-electron chi connectivity index (χ3n) is 4.93. The highest BCUT2D eigenvalue weighted by Gasteiger charge is 2.21. The van der Waals surface area contributed by atoms with E-state index < -0.39 is 27.9 Å². The van der Waals surface area contributed by atoms with Crippen molar-refractivity contribution in [3.05, 3.63) is 89.5 Å². The number of carbonyl (C=O) groups is 3. The van der Waals surface area contributed by atoms with E-state index >= 15 is 0 Å². The number of ether oxygens (including phenoxy) is 2. The predicted octanol–water partition coefficient (Wildman–Crippen LogP) is 3.34. The molecule has 0 saturated heterocycles. The number of hydrogen-bond donors (Lipinski definition) is 1. The van der Waals surface area contributed by atoms with Gasteiger partial charge in [0.1, 0.15) is 0 Å². The number of hydrogen-bond acceptors (Lipinski definition) is 7. The molecule has 9 nitrogen and oxygen atoms in total. The maximum Gasteiger partial charge on any atom is 0.337 e. The molecule has 3 rings (SSSR count). The molecule has 34 heavy (non-hydrogen) atoms. The zero-order valence-corrected chi connectivity index (χ0v) is 19.5. The van der Waals surface area contributed by atoms with E-state index in [-0.39, 0.29) is 27.3 Å². The van der Waals surface area contributed by atoms with Gasteiger partial charge in [0.05, 0.1) is 35.9 Å². The third kappa shape index (κ3) is 5.24. The quantitative estimate of drug-likeness (QED) is 0.513. The van der Waals surface area contributed by atoms with Crippen molar-refractivity contribution < 1.29 is 32.3 Å². The van der Waals surface area contributed by atoms with E-state index in [1.54, 1.807) is 18.2 Å². The second-order valence-corrected chi connectivity index (χ2v) is 9.04. The highest BCUT2D eigenvalue weighted by atomic mass is 32.2. The molecule has 176 valence electrons. The first kappa shape index (κ1) is 24.5. The number of rotatable bonds is 7. The van der Waals surface area contributed by atoms with E-state index in [4.69, 9.17) is 0 Å². The minimum absolute atomic E-state index is 0.0591. The summed E-state index contributed by atoms with van der Waals surface area (Å²) in [5.41, 5.74) is 0.896. The van der Waals surface area contributed by atoms with Gasteiger partial charge in [-0.3, -0.25) is 9.10 Å². The lowest BCUT2D eigenvalue weighted by Crippen LogP contribution is -2.26. The zero-order chi connectivity index (χ0) is 24.9. The molecule has 0 saturated carbocycles. The molecule has 0 aliphatic carbocycles. The predicted molar refractivity (Wildman–Crippen MR) is 126 cm³/mol. The van der Waals surface area contributed by atoms with Gasteiger partial charge in [-0.2, -0.15) is 0 Å². The Hall–Kier alpha value is -4.18. The number of esters is 2. The minimum Gasteiger partial charge on any atom is -0.465 e. The van der Waals surface area contributed by atoms with Gasteiger partial charge in [-0.1, -0.05) is 18.2 Å². The van der Waals surface area contributed by atoms with Gasteiger partial charge in [0.2, 0.25) is 0 Å². The van der Waals surface area contributed by atoms with Crippen LogP contribution in [0.3, 0.4) is 0 Å². The second kappa shape index (κ2) is 10.2. The van der Waals surface area contributed by atoms with E-state index in [2.05, 4.69) is 14.8 Å². The summed E-state index contributed by atoms with van der Waals surface area (Å²) in [4.78, 5) is 36.7. The molecule has 0 aliphatic rings. The van der Waals surface area contributed by atoms with Crippen molar-refractivity contribution in [2.24, 2.45) is 0 Å². The maximum atomic E-state index is 12.8. The number of anilines is 2. The highest BCUT2D eigenvalue weighted by molar-refractivity contribution is 7.92. The SMILES string of the molecule is COC(=O)c1cc(NC(=O)c2ccc(N(C)S(=O)(=O)c3ccccc3)cc2)cc(C(=O)OC)c1. The Balaban J connectivity index is 1.83. The fourth-order valence-electron chi connectivity index (χ4n) is 3.09. The molecule has 0 radical (unpaired) electrons. The summed E-state index contributed by atoms with van der Waals surface area (Å²) in [5, 5.41) is 2.62. The van der Waals surface area contributed by atoms with Crippen LogP contribution in [0.4, 0.5) is 11.4 Å². The van der Waals surface area contributed by atoms with E-state index in [9.17, 15) is 22.8 Å². The van der Waals surface area contributed by atoms with Gasteiger partial charge >= 0.3 is 11.9 Å². The van der Waals surface area contributed by atoms with E-state index in [1.165, 1.54) is 75.9 Å². The van der Waals surface area contributed by atoms with Gasteiger partial charge in [-0.05, 0) is 54.6 Å².